The summed E-state index contributed by atoms with van der Waals surface area (Å²) in [5, 5.41) is 2.72. The van der Waals surface area contributed by atoms with Gasteiger partial charge in [0, 0.05) is 11.6 Å². The van der Waals surface area contributed by atoms with Crippen molar-refractivity contribution in [3.63, 3.8) is 0 Å². The molecule has 1 aliphatic carbocycles. The molecule has 1 N–H and O–H groups in total. The first-order valence-electron chi connectivity index (χ1n) is 9.05. The number of hydrogen-bond acceptors (Lipinski definition) is 5. The molecule has 2 fully saturated rings. The zero-order chi connectivity index (χ0) is 18.3. The number of methoxy groups -OCH3 is 1. The molecule has 0 bridgehead atoms. The fourth-order valence-electron chi connectivity index (χ4n) is 4.46. The first-order valence-corrected chi connectivity index (χ1v) is 9.05. The van der Waals surface area contributed by atoms with Gasteiger partial charge in [-0.3, -0.25) is 9.59 Å². The number of likely N-dealkylation sites (tertiary alicyclic amines) is 1. The van der Waals surface area contributed by atoms with E-state index in [9.17, 15) is 14.4 Å². The molecule has 3 aliphatic rings. The van der Waals surface area contributed by atoms with Crippen LogP contribution in [-0.4, -0.2) is 48.5 Å². The van der Waals surface area contributed by atoms with E-state index in [0.29, 0.717) is 29.3 Å². The molecule has 7 heteroatoms. The first-order chi connectivity index (χ1) is 12.6. The van der Waals surface area contributed by atoms with Crippen LogP contribution in [0.15, 0.2) is 18.2 Å². The molecule has 138 valence electrons. The highest BCUT2D eigenvalue weighted by atomic mass is 16.5. The second kappa shape index (κ2) is 6.63. The Bertz CT molecular complexity index is 762. The van der Waals surface area contributed by atoms with E-state index in [2.05, 4.69) is 5.32 Å². The van der Waals surface area contributed by atoms with E-state index in [4.69, 9.17) is 9.47 Å². The van der Waals surface area contributed by atoms with Gasteiger partial charge in [0.25, 0.3) is 11.8 Å². The monoisotopic (exact) mass is 358 g/mol. The molecule has 2 heterocycles. The topological polar surface area (TPSA) is 84.9 Å². The van der Waals surface area contributed by atoms with Gasteiger partial charge in [0.05, 0.1) is 12.8 Å². The molecule has 3 atom stereocenters. The summed E-state index contributed by atoms with van der Waals surface area (Å²) in [7, 11) is 1.36. The largest absolute Gasteiger partial charge is 0.482 e. The Labute approximate surface area is 151 Å². The number of nitrogens with zero attached hydrogens (tertiary/aromatic N) is 1. The van der Waals surface area contributed by atoms with E-state index >= 15 is 0 Å². The lowest BCUT2D eigenvalue weighted by Crippen LogP contribution is -2.46. The maximum Gasteiger partial charge on any atom is 0.328 e. The van der Waals surface area contributed by atoms with Gasteiger partial charge in [-0.2, -0.15) is 0 Å². The molecule has 2 aliphatic heterocycles. The molecule has 0 aromatic heterocycles. The third kappa shape index (κ3) is 2.81. The average Bonchev–Trinajstić information content (AvgIpc) is 3.05. The van der Waals surface area contributed by atoms with E-state index in [1.807, 2.05) is 0 Å². The Morgan fingerprint density at radius 2 is 2.08 bits per heavy atom. The molecule has 0 unspecified atom stereocenters. The number of carbonyl (C=O) groups is 3. The van der Waals surface area contributed by atoms with E-state index < -0.39 is 6.04 Å². The van der Waals surface area contributed by atoms with Gasteiger partial charge in [-0.25, -0.2) is 4.79 Å². The highest BCUT2D eigenvalue weighted by molar-refractivity contribution is 6.01. The number of rotatable bonds is 2. The Morgan fingerprint density at radius 1 is 1.27 bits per heavy atom. The minimum Gasteiger partial charge on any atom is -0.482 e. The molecule has 7 nitrogen and oxygen atoms in total. The van der Waals surface area contributed by atoms with Crippen molar-refractivity contribution < 1.29 is 23.9 Å². The van der Waals surface area contributed by atoms with E-state index in [0.717, 1.165) is 25.7 Å². The van der Waals surface area contributed by atoms with Gasteiger partial charge in [0.2, 0.25) is 0 Å². The number of hydrogen-bond donors (Lipinski definition) is 1. The average molecular weight is 358 g/mol. The van der Waals surface area contributed by atoms with Crippen LogP contribution >= 0.6 is 0 Å². The highest BCUT2D eigenvalue weighted by Crippen LogP contribution is 2.41. The predicted molar refractivity (Wildman–Crippen MR) is 92.9 cm³/mol. The van der Waals surface area contributed by atoms with Gasteiger partial charge in [0.15, 0.2) is 6.61 Å². The molecule has 1 saturated heterocycles. The summed E-state index contributed by atoms with van der Waals surface area (Å²) < 4.78 is 10.3. The molecule has 2 amide bonds. The third-order valence-electron chi connectivity index (χ3n) is 5.66. The standard InChI is InChI=1S/C19H22N2O5/c1-25-19(24)15-9-11-4-2-3-5-14(11)21(15)18(23)12-6-7-16-13(8-12)20-17(22)10-26-16/h6-8,11,14-15H,2-5,9-10H2,1H3,(H,20,22)/t11-,14-,15-/m0/s1. The number of carbonyl (C=O) groups excluding carboxylic acids is 3. The molecule has 26 heavy (non-hydrogen) atoms. The van der Waals surface area contributed by atoms with Crippen LogP contribution in [0.1, 0.15) is 42.5 Å². The van der Waals surface area contributed by atoms with Gasteiger partial charge >= 0.3 is 5.97 Å². The Kier molecular flexibility index (Phi) is 4.30. The van der Waals surface area contributed by atoms with Crippen LogP contribution < -0.4 is 10.1 Å². The van der Waals surface area contributed by atoms with Crippen LogP contribution in [0.25, 0.3) is 0 Å². The van der Waals surface area contributed by atoms with Crippen molar-refractivity contribution in [1.29, 1.82) is 0 Å². The van der Waals surface area contributed by atoms with Crippen LogP contribution in [0.5, 0.6) is 5.75 Å². The van der Waals surface area contributed by atoms with Crippen molar-refractivity contribution in [1.82, 2.24) is 4.90 Å². The summed E-state index contributed by atoms with van der Waals surface area (Å²) in [6.07, 6.45) is 4.81. The summed E-state index contributed by atoms with van der Waals surface area (Å²) in [5.74, 6) is 0.0860. The van der Waals surface area contributed by atoms with E-state index in [1.54, 1.807) is 23.1 Å². The van der Waals surface area contributed by atoms with Gasteiger partial charge in [0.1, 0.15) is 11.8 Å². The Morgan fingerprint density at radius 3 is 2.88 bits per heavy atom. The highest BCUT2D eigenvalue weighted by Gasteiger charge is 2.48. The Balaban J connectivity index is 1.65. The van der Waals surface area contributed by atoms with Crippen LogP contribution in [0.2, 0.25) is 0 Å². The number of fused-ring (bicyclic) bond motifs is 2. The Hall–Kier alpha value is -2.57. The van der Waals surface area contributed by atoms with Gasteiger partial charge < -0.3 is 19.7 Å². The molecule has 1 saturated carbocycles. The van der Waals surface area contributed by atoms with Crippen molar-refractivity contribution in [3.05, 3.63) is 23.8 Å². The van der Waals surface area contributed by atoms with Gasteiger partial charge in [-0.1, -0.05) is 12.8 Å². The number of ether oxygens (including phenoxy) is 2. The molecular formula is C19H22N2O5. The summed E-state index contributed by atoms with van der Waals surface area (Å²) in [6, 6.07) is 4.52. The normalized spacial score (nSPS) is 27.0. The fraction of sp³-hybridized carbons (Fsp3) is 0.526. The second-order valence-electron chi connectivity index (χ2n) is 7.15. The minimum absolute atomic E-state index is 0.0272. The smallest absolute Gasteiger partial charge is 0.328 e. The number of amides is 2. The second-order valence-corrected chi connectivity index (χ2v) is 7.15. The zero-order valence-electron chi connectivity index (χ0n) is 14.7. The summed E-state index contributed by atoms with van der Waals surface area (Å²) in [5.41, 5.74) is 0.927. The van der Waals surface area contributed by atoms with Crippen LogP contribution in [-0.2, 0) is 14.3 Å². The van der Waals surface area contributed by atoms with Crippen LogP contribution in [0.3, 0.4) is 0 Å². The SMILES string of the molecule is COC(=O)[C@@H]1C[C@@H]2CCCC[C@@H]2N1C(=O)c1ccc2c(c1)NC(=O)CO2. The van der Waals surface area contributed by atoms with E-state index in [1.165, 1.54) is 7.11 Å². The summed E-state index contributed by atoms with van der Waals surface area (Å²) in [4.78, 5) is 38.8. The number of benzene rings is 1. The van der Waals surface area contributed by atoms with E-state index in [-0.39, 0.29) is 30.4 Å². The number of nitrogens with one attached hydrogen (secondary N) is 1. The zero-order valence-corrected chi connectivity index (χ0v) is 14.7. The fourth-order valence-corrected chi connectivity index (χ4v) is 4.46. The molecule has 1 aromatic carbocycles. The quantitative estimate of drug-likeness (QED) is 0.817. The van der Waals surface area contributed by atoms with Crippen molar-refractivity contribution >= 4 is 23.5 Å². The van der Waals surface area contributed by atoms with Crippen molar-refractivity contribution in [2.45, 2.75) is 44.2 Å². The number of anilines is 1. The maximum atomic E-state index is 13.3. The van der Waals surface area contributed by atoms with Gasteiger partial charge in [-0.05, 0) is 43.4 Å². The minimum atomic E-state index is -0.539. The van der Waals surface area contributed by atoms with Gasteiger partial charge in [-0.15, -0.1) is 0 Å². The lowest BCUT2D eigenvalue weighted by atomic mass is 9.84. The maximum absolute atomic E-state index is 13.3. The molecule has 0 spiro atoms. The molecular weight excluding hydrogens is 336 g/mol. The summed E-state index contributed by atoms with van der Waals surface area (Å²) in [6.45, 7) is -0.0272. The van der Waals surface area contributed by atoms with Crippen molar-refractivity contribution in [2.24, 2.45) is 5.92 Å². The first kappa shape index (κ1) is 16.9. The predicted octanol–water partition coefficient (Wildman–Crippen LogP) is 1.96. The lowest BCUT2D eigenvalue weighted by molar-refractivity contribution is -0.145. The van der Waals surface area contributed by atoms with Crippen molar-refractivity contribution in [2.75, 3.05) is 19.0 Å². The van der Waals surface area contributed by atoms with Crippen LogP contribution in [0, 0.1) is 5.92 Å². The third-order valence-corrected chi connectivity index (χ3v) is 5.66. The summed E-state index contributed by atoms with van der Waals surface area (Å²) >= 11 is 0. The number of esters is 1. The molecule has 1 aromatic rings. The van der Waals surface area contributed by atoms with Crippen LogP contribution in [0.4, 0.5) is 5.69 Å². The van der Waals surface area contributed by atoms with Crippen molar-refractivity contribution in [3.8, 4) is 5.75 Å². The lowest BCUT2D eigenvalue weighted by Gasteiger charge is -2.33. The molecule has 4 rings (SSSR count). The molecule has 0 radical (unpaired) electrons.